The molecule has 0 aliphatic carbocycles. The van der Waals surface area contributed by atoms with Crippen molar-refractivity contribution in [1.82, 2.24) is 10.6 Å². The van der Waals surface area contributed by atoms with Gasteiger partial charge in [-0.2, -0.15) is 0 Å². The third-order valence-electron chi connectivity index (χ3n) is 2.07. The van der Waals surface area contributed by atoms with Gasteiger partial charge >= 0.3 is 0 Å². The number of benzene rings is 1. The molecular weight excluding hydrogens is 307 g/mol. The van der Waals surface area contributed by atoms with Gasteiger partial charge in [-0.1, -0.05) is 0 Å². The van der Waals surface area contributed by atoms with Crippen LogP contribution in [-0.2, 0) is 0 Å². The zero-order valence-electron chi connectivity index (χ0n) is 9.75. The van der Waals surface area contributed by atoms with Gasteiger partial charge < -0.3 is 15.4 Å². The van der Waals surface area contributed by atoms with Gasteiger partial charge in [0.15, 0.2) is 0 Å². The molecule has 96 valence electrons. The molecule has 6 heteroatoms. The Hall–Kier alpha value is -0.780. The SMILES string of the molecule is CNCCNC(=O)c1ccc(OC)c(Br)c1.Cl. The molecule has 1 aromatic rings. The zero-order chi connectivity index (χ0) is 12.0. The highest BCUT2D eigenvalue weighted by Gasteiger charge is 2.07. The molecule has 0 aromatic heterocycles. The fourth-order valence-electron chi connectivity index (χ4n) is 1.21. The maximum Gasteiger partial charge on any atom is 0.251 e. The molecule has 0 aliphatic heterocycles. The quantitative estimate of drug-likeness (QED) is 0.813. The minimum Gasteiger partial charge on any atom is -0.496 e. The van der Waals surface area contributed by atoms with Crippen LogP contribution < -0.4 is 15.4 Å². The number of ether oxygens (including phenoxy) is 1. The van der Waals surface area contributed by atoms with E-state index in [1.54, 1.807) is 25.3 Å². The molecule has 4 nitrogen and oxygen atoms in total. The lowest BCUT2D eigenvalue weighted by atomic mass is 10.2. The van der Waals surface area contributed by atoms with Crippen molar-refractivity contribution in [2.45, 2.75) is 0 Å². The number of carbonyl (C=O) groups excluding carboxylic acids is 1. The van der Waals surface area contributed by atoms with Crippen LogP contribution in [0.15, 0.2) is 22.7 Å². The Kier molecular flexibility index (Phi) is 7.95. The van der Waals surface area contributed by atoms with Crippen molar-refractivity contribution >= 4 is 34.2 Å². The van der Waals surface area contributed by atoms with Gasteiger partial charge in [0.1, 0.15) is 5.75 Å². The molecule has 1 aromatic carbocycles. The monoisotopic (exact) mass is 322 g/mol. The van der Waals surface area contributed by atoms with Crippen LogP contribution in [0, 0.1) is 0 Å². The number of nitrogens with one attached hydrogen (secondary N) is 2. The molecule has 0 spiro atoms. The lowest BCUT2D eigenvalue weighted by molar-refractivity contribution is 0.0954. The molecule has 0 atom stereocenters. The van der Waals surface area contributed by atoms with Gasteiger partial charge in [-0.25, -0.2) is 0 Å². The predicted octanol–water partition coefficient (Wildman–Crippen LogP) is 1.83. The summed E-state index contributed by atoms with van der Waals surface area (Å²) in [6.07, 6.45) is 0. The van der Waals surface area contributed by atoms with E-state index in [1.165, 1.54) is 0 Å². The lowest BCUT2D eigenvalue weighted by Gasteiger charge is -2.07. The van der Waals surface area contributed by atoms with E-state index in [1.807, 2.05) is 7.05 Å². The fourth-order valence-corrected chi connectivity index (χ4v) is 1.75. The van der Waals surface area contributed by atoms with E-state index in [-0.39, 0.29) is 18.3 Å². The molecule has 0 saturated carbocycles. The second-order valence-electron chi connectivity index (χ2n) is 3.21. The molecule has 0 heterocycles. The minimum atomic E-state index is -0.0846. The van der Waals surface area contributed by atoms with E-state index >= 15 is 0 Å². The van der Waals surface area contributed by atoms with Crippen molar-refractivity contribution < 1.29 is 9.53 Å². The average Bonchev–Trinajstić information content (AvgIpc) is 2.29. The number of methoxy groups -OCH3 is 1. The molecule has 2 N–H and O–H groups in total. The summed E-state index contributed by atoms with van der Waals surface area (Å²) in [6.45, 7) is 1.36. The number of likely N-dealkylation sites (N-methyl/N-ethyl adjacent to an activating group) is 1. The highest BCUT2D eigenvalue weighted by atomic mass is 79.9. The van der Waals surface area contributed by atoms with Crippen LogP contribution in [0.4, 0.5) is 0 Å². The molecular formula is C11H16BrClN2O2. The van der Waals surface area contributed by atoms with E-state index in [9.17, 15) is 4.79 Å². The first-order valence-electron chi connectivity index (χ1n) is 4.95. The van der Waals surface area contributed by atoms with Crippen molar-refractivity contribution in [3.05, 3.63) is 28.2 Å². The van der Waals surface area contributed by atoms with E-state index in [2.05, 4.69) is 26.6 Å². The lowest BCUT2D eigenvalue weighted by Crippen LogP contribution is -2.30. The van der Waals surface area contributed by atoms with Crippen molar-refractivity contribution in [3.63, 3.8) is 0 Å². The van der Waals surface area contributed by atoms with Gasteiger partial charge in [0.2, 0.25) is 0 Å². The third-order valence-corrected chi connectivity index (χ3v) is 2.69. The van der Waals surface area contributed by atoms with Crippen molar-refractivity contribution in [1.29, 1.82) is 0 Å². The Labute approximate surface area is 116 Å². The Bertz CT molecular complexity index is 374. The molecule has 1 rings (SSSR count). The second kappa shape index (κ2) is 8.33. The van der Waals surface area contributed by atoms with E-state index in [4.69, 9.17) is 4.74 Å². The molecule has 0 fully saturated rings. The van der Waals surface area contributed by atoms with E-state index in [0.29, 0.717) is 17.9 Å². The molecule has 0 saturated heterocycles. The van der Waals surface area contributed by atoms with Crippen molar-refractivity contribution in [2.24, 2.45) is 0 Å². The minimum absolute atomic E-state index is 0. The highest BCUT2D eigenvalue weighted by Crippen LogP contribution is 2.25. The first-order valence-corrected chi connectivity index (χ1v) is 5.74. The Morgan fingerprint density at radius 1 is 1.41 bits per heavy atom. The van der Waals surface area contributed by atoms with Gasteiger partial charge in [0.05, 0.1) is 11.6 Å². The molecule has 17 heavy (non-hydrogen) atoms. The summed E-state index contributed by atoms with van der Waals surface area (Å²) in [6, 6.07) is 5.24. The Morgan fingerprint density at radius 2 is 2.12 bits per heavy atom. The van der Waals surface area contributed by atoms with Crippen LogP contribution in [-0.4, -0.2) is 33.2 Å². The molecule has 0 unspecified atom stereocenters. The fraction of sp³-hybridized carbons (Fsp3) is 0.364. The predicted molar refractivity (Wildman–Crippen MR) is 74.2 cm³/mol. The summed E-state index contributed by atoms with van der Waals surface area (Å²) < 4.78 is 5.86. The summed E-state index contributed by atoms with van der Waals surface area (Å²) >= 11 is 3.34. The zero-order valence-corrected chi connectivity index (χ0v) is 12.2. The number of rotatable bonds is 5. The van der Waals surface area contributed by atoms with E-state index in [0.717, 1.165) is 11.0 Å². The van der Waals surface area contributed by atoms with Crippen molar-refractivity contribution in [3.8, 4) is 5.75 Å². The Morgan fingerprint density at radius 3 is 2.65 bits per heavy atom. The summed E-state index contributed by atoms with van der Waals surface area (Å²) in [4.78, 5) is 11.7. The molecule has 0 aliphatic rings. The smallest absolute Gasteiger partial charge is 0.251 e. The van der Waals surface area contributed by atoms with Gasteiger partial charge in [-0.15, -0.1) is 12.4 Å². The van der Waals surface area contributed by atoms with Crippen LogP contribution in [0.5, 0.6) is 5.75 Å². The van der Waals surface area contributed by atoms with Crippen LogP contribution >= 0.6 is 28.3 Å². The van der Waals surface area contributed by atoms with Crippen LogP contribution in [0.25, 0.3) is 0 Å². The number of amides is 1. The maximum atomic E-state index is 11.7. The summed E-state index contributed by atoms with van der Waals surface area (Å²) in [7, 11) is 3.43. The first kappa shape index (κ1) is 16.2. The molecule has 0 bridgehead atoms. The summed E-state index contributed by atoms with van der Waals surface area (Å²) in [5, 5.41) is 5.76. The van der Waals surface area contributed by atoms with Crippen LogP contribution in [0.2, 0.25) is 0 Å². The third kappa shape index (κ3) is 4.93. The topological polar surface area (TPSA) is 50.4 Å². The highest BCUT2D eigenvalue weighted by molar-refractivity contribution is 9.10. The van der Waals surface area contributed by atoms with Crippen LogP contribution in [0.3, 0.4) is 0 Å². The second-order valence-corrected chi connectivity index (χ2v) is 4.06. The van der Waals surface area contributed by atoms with Gasteiger partial charge in [0.25, 0.3) is 5.91 Å². The number of carbonyl (C=O) groups is 1. The van der Waals surface area contributed by atoms with Crippen LogP contribution in [0.1, 0.15) is 10.4 Å². The first-order chi connectivity index (χ1) is 7.69. The normalized spacial score (nSPS) is 9.35. The molecule has 1 amide bonds. The van der Waals surface area contributed by atoms with Gasteiger partial charge in [-0.3, -0.25) is 4.79 Å². The Balaban J connectivity index is 0.00000256. The van der Waals surface area contributed by atoms with E-state index < -0.39 is 0 Å². The van der Waals surface area contributed by atoms with Gasteiger partial charge in [0, 0.05) is 18.7 Å². The summed E-state index contributed by atoms with van der Waals surface area (Å²) in [5.41, 5.74) is 0.615. The number of halogens is 2. The van der Waals surface area contributed by atoms with Gasteiger partial charge in [-0.05, 0) is 41.2 Å². The largest absolute Gasteiger partial charge is 0.496 e. The van der Waals surface area contributed by atoms with Crippen molar-refractivity contribution in [2.75, 3.05) is 27.2 Å². The standard InChI is InChI=1S/C11H15BrN2O2.ClH/c1-13-5-6-14-11(15)8-3-4-10(16-2)9(12)7-8;/h3-4,7,13H,5-6H2,1-2H3,(H,14,15);1H. The number of hydrogen-bond donors (Lipinski definition) is 2. The maximum absolute atomic E-state index is 11.7. The number of hydrogen-bond acceptors (Lipinski definition) is 3. The summed E-state index contributed by atoms with van der Waals surface area (Å²) in [5.74, 6) is 0.630. The molecule has 0 radical (unpaired) electrons. The average molecular weight is 324 g/mol.